The largest absolute Gasteiger partial charge is 0.464 e. The maximum Gasteiger partial charge on any atom is 0.356 e. The summed E-state index contributed by atoms with van der Waals surface area (Å²) in [5, 5.41) is 3.06. The van der Waals surface area contributed by atoms with Gasteiger partial charge in [0, 0.05) is 24.5 Å². The fourth-order valence-corrected chi connectivity index (χ4v) is 1.86. The Bertz CT molecular complexity index is 627. The summed E-state index contributed by atoms with van der Waals surface area (Å²) in [6.07, 6.45) is 1.93. The first kappa shape index (κ1) is 14.9. The van der Waals surface area contributed by atoms with Gasteiger partial charge >= 0.3 is 5.97 Å². The van der Waals surface area contributed by atoms with Crippen LogP contribution in [0.2, 0.25) is 0 Å². The van der Waals surface area contributed by atoms with Crippen LogP contribution in [0, 0.1) is 11.6 Å². The predicted molar refractivity (Wildman–Crippen MR) is 74.1 cm³/mol. The smallest absolute Gasteiger partial charge is 0.356 e. The van der Waals surface area contributed by atoms with E-state index in [0.29, 0.717) is 24.2 Å². The van der Waals surface area contributed by atoms with Gasteiger partial charge in [0.25, 0.3) is 0 Å². The van der Waals surface area contributed by atoms with Crippen LogP contribution in [-0.2, 0) is 11.2 Å². The van der Waals surface area contributed by atoms with E-state index in [0.717, 1.165) is 6.07 Å². The van der Waals surface area contributed by atoms with E-state index >= 15 is 0 Å². The Morgan fingerprint density at radius 3 is 2.62 bits per heavy atom. The van der Waals surface area contributed by atoms with Crippen molar-refractivity contribution in [3.63, 3.8) is 0 Å². The Balaban J connectivity index is 1.95. The van der Waals surface area contributed by atoms with E-state index in [9.17, 15) is 13.6 Å². The lowest BCUT2D eigenvalue weighted by molar-refractivity contribution is 0.0594. The molecular weight excluding hydrogens is 278 g/mol. The van der Waals surface area contributed by atoms with Gasteiger partial charge in [-0.1, -0.05) is 0 Å². The van der Waals surface area contributed by atoms with Crippen molar-refractivity contribution < 1.29 is 18.3 Å². The van der Waals surface area contributed by atoms with Crippen LogP contribution < -0.4 is 5.32 Å². The molecule has 0 fully saturated rings. The number of carbonyl (C=O) groups is 1. The van der Waals surface area contributed by atoms with Crippen LogP contribution in [0.4, 0.5) is 14.5 Å². The van der Waals surface area contributed by atoms with Gasteiger partial charge < -0.3 is 10.1 Å². The van der Waals surface area contributed by atoms with Gasteiger partial charge in [-0.3, -0.25) is 0 Å². The number of nitrogens with zero attached hydrogens (tertiary/aromatic N) is 1. The Kier molecular flexibility index (Phi) is 4.81. The first-order valence-corrected chi connectivity index (χ1v) is 6.31. The first-order chi connectivity index (χ1) is 10.1. The number of esters is 1. The Morgan fingerprint density at radius 2 is 1.95 bits per heavy atom. The molecule has 1 aromatic carbocycles. The molecular formula is C15H14F2N2O2. The number of ether oxygens (including phenoxy) is 1. The molecule has 1 heterocycles. The number of nitrogens with one attached hydrogen (secondary N) is 1. The zero-order valence-corrected chi connectivity index (χ0v) is 11.4. The molecule has 0 aliphatic heterocycles. The van der Waals surface area contributed by atoms with E-state index in [2.05, 4.69) is 15.0 Å². The number of carbonyl (C=O) groups excluding carboxylic acids is 1. The second-order valence-corrected chi connectivity index (χ2v) is 4.38. The molecule has 0 radical (unpaired) electrons. The van der Waals surface area contributed by atoms with Crippen molar-refractivity contribution >= 4 is 11.7 Å². The van der Waals surface area contributed by atoms with Gasteiger partial charge in [-0.05, 0) is 36.2 Å². The molecule has 2 aromatic rings. The van der Waals surface area contributed by atoms with Crippen molar-refractivity contribution in [2.45, 2.75) is 6.42 Å². The average Bonchev–Trinajstić information content (AvgIpc) is 2.46. The van der Waals surface area contributed by atoms with Crippen LogP contribution >= 0.6 is 0 Å². The van der Waals surface area contributed by atoms with Crippen molar-refractivity contribution in [2.24, 2.45) is 0 Å². The minimum atomic E-state index is -0.595. The number of halogens is 2. The molecule has 0 unspecified atom stereocenters. The molecule has 0 amide bonds. The van der Waals surface area contributed by atoms with Crippen LogP contribution in [0.15, 0.2) is 36.5 Å². The summed E-state index contributed by atoms with van der Waals surface area (Å²) >= 11 is 0. The normalized spacial score (nSPS) is 10.2. The maximum atomic E-state index is 13.0. The molecule has 0 aliphatic carbocycles. The first-order valence-electron chi connectivity index (χ1n) is 6.31. The summed E-state index contributed by atoms with van der Waals surface area (Å²) in [5.41, 5.74) is 1.43. The highest BCUT2D eigenvalue weighted by Gasteiger charge is 2.07. The minimum Gasteiger partial charge on any atom is -0.464 e. The maximum absolute atomic E-state index is 13.0. The third-order valence-corrected chi connectivity index (χ3v) is 2.82. The van der Waals surface area contributed by atoms with E-state index in [-0.39, 0.29) is 5.69 Å². The van der Waals surface area contributed by atoms with Gasteiger partial charge in [0.2, 0.25) is 0 Å². The van der Waals surface area contributed by atoms with E-state index < -0.39 is 17.6 Å². The number of methoxy groups -OCH3 is 1. The van der Waals surface area contributed by atoms with Gasteiger partial charge in [0.15, 0.2) is 0 Å². The van der Waals surface area contributed by atoms with E-state index in [1.165, 1.54) is 25.4 Å². The number of anilines is 1. The highest BCUT2D eigenvalue weighted by Crippen LogP contribution is 2.11. The summed E-state index contributed by atoms with van der Waals surface area (Å²) in [7, 11) is 1.28. The summed E-state index contributed by atoms with van der Waals surface area (Å²) in [5.74, 6) is -1.71. The molecule has 0 aliphatic rings. The van der Waals surface area contributed by atoms with Gasteiger partial charge in [-0.2, -0.15) is 0 Å². The lowest BCUT2D eigenvalue weighted by Crippen LogP contribution is -2.08. The summed E-state index contributed by atoms with van der Waals surface area (Å²) in [6.45, 7) is 0.466. The highest BCUT2D eigenvalue weighted by atomic mass is 19.1. The molecule has 6 heteroatoms. The standard InChI is InChI=1S/C15H14F2N2O2/c1-21-15(20)14-9-13(3-5-19-14)18-4-2-10-6-11(16)8-12(17)7-10/h3,5-9H,2,4H2,1H3,(H,18,19). The fraction of sp³-hybridized carbons (Fsp3) is 0.200. The van der Waals surface area contributed by atoms with Crippen molar-refractivity contribution in [3.05, 3.63) is 59.4 Å². The van der Waals surface area contributed by atoms with Crippen LogP contribution in [0.5, 0.6) is 0 Å². The van der Waals surface area contributed by atoms with Crippen LogP contribution in [0.25, 0.3) is 0 Å². The number of rotatable bonds is 5. The molecule has 0 saturated heterocycles. The van der Waals surface area contributed by atoms with Gasteiger partial charge in [0.05, 0.1) is 7.11 Å². The van der Waals surface area contributed by atoms with Crippen LogP contribution in [0.3, 0.4) is 0 Å². The number of hydrogen-bond donors (Lipinski definition) is 1. The van der Waals surface area contributed by atoms with Crippen molar-refractivity contribution in [3.8, 4) is 0 Å². The third-order valence-electron chi connectivity index (χ3n) is 2.82. The summed E-state index contributed by atoms with van der Waals surface area (Å²) in [6, 6.07) is 6.66. The van der Waals surface area contributed by atoms with Gasteiger partial charge in [-0.25, -0.2) is 18.6 Å². The second kappa shape index (κ2) is 6.78. The molecule has 0 atom stereocenters. The van der Waals surface area contributed by atoms with E-state index in [1.807, 2.05) is 0 Å². The van der Waals surface area contributed by atoms with Crippen molar-refractivity contribution in [2.75, 3.05) is 19.0 Å². The molecule has 0 saturated carbocycles. The van der Waals surface area contributed by atoms with Crippen LogP contribution in [-0.4, -0.2) is 24.6 Å². The summed E-state index contributed by atoms with van der Waals surface area (Å²) < 4.78 is 30.7. The minimum absolute atomic E-state index is 0.194. The summed E-state index contributed by atoms with van der Waals surface area (Å²) in [4.78, 5) is 15.2. The number of aromatic nitrogens is 1. The van der Waals surface area contributed by atoms with Crippen molar-refractivity contribution in [1.82, 2.24) is 4.98 Å². The SMILES string of the molecule is COC(=O)c1cc(NCCc2cc(F)cc(F)c2)ccn1. The topological polar surface area (TPSA) is 51.2 Å². The lowest BCUT2D eigenvalue weighted by Gasteiger charge is -2.07. The fourth-order valence-electron chi connectivity index (χ4n) is 1.86. The zero-order chi connectivity index (χ0) is 15.2. The predicted octanol–water partition coefficient (Wildman–Crippen LogP) is 2.80. The molecule has 110 valence electrons. The number of pyridine rings is 1. The highest BCUT2D eigenvalue weighted by molar-refractivity contribution is 5.88. The van der Waals surface area contributed by atoms with Crippen LogP contribution in [0.1, 0.15) is 16.1 Å². The van der Waals surface area contributed by atoms with E-state index in [4.69, 9.17) is 0 Å². The van der Waals surface area contributed by atoms with Crippen molar-refractivity contribution in [1.29, 1.82) is 0 Å². The number of hydrogen-bond acceptors (Lipinski definition) is 4. The Labute approximate surface area is 120 Å². The lowest BCUT2D eigenvalue weighted by atomic mass is 10.1. The Morgan fingerprint density at radius 1 is 1.24 bits per heavy atom. The van der Waals surface area contributed by atoms with E-state index in [1.54, 1.807) is 12.1 Å². The molecule has 0 bridgehead atoms. The second-order valence-electron chi connectivity index (χ2n) is 4.38. The third kappa shape index (κ3) is 4.24. The monoisotopic (exact) mass is 292 g/mol. The van der Waals surface area contributed by atoms with Gasteiger partial charge in [-0.15, -0.1) is 0 Å². The quantitative estimate of drug-likeness (QED) is 0.861. The molecule has 1 N–H and O–H groups in total. The molecule has 0 spiro atoms. The molecule has 21 heavy (non-hydrogen) atoms. The molecule has 4 nitrogen and oxygen atoms in total. The number of benzene rings is 1. The van der Waals surface area contributed by atoms with Gasteiger partial charge in [0.1, 0.15) is 17.3 Å². The zero-order valence-electron chi connectivity index (χ0n) is 11.4. The molecule has 2 rings (SSSR count). The Hall–Kier alpha value is -2.50. The molecule has 1 aromatic heterocycles. The average molecular weight is 292 g/mol.